The monoisotopic (exact) mass is 449 g/mol. The van der Waals surface area contributed by atoms with Crippen LogP contribution in [0.3, 0.4) is 0 Å². The standard InChI is InChI=1S/C24H23N3O4S/c1-18-2-12-23(13-3-18)32-15-14-24(28)26-25-16-19-6-10-22(11-7-19)31-17-20-4-8-21(9-5-20)27(29)30/h2-13,16H,14-15,17H2,1H3,(H,26,28)/b25-16-. The lowest BCUT2D eigenvalue weighted by Crippen LogP contribution is -2.17. The summed E-state index contributed by atoms with van der Waals surface area (Å²) in [6.07, 6.45) is 1.95. The van der Waals surface area contributed by atoms with Gasteiger partial charge in [0.1, 0.15) is 12.4 Å². The zero-order valence-electron chi connectivity index (χ0n) is 17.6. The third kappa shape index (κ3) is 7.55. The van der Waals surface area contributed by atoms with Crippen molar-refractivity contribution < 1.29 is 14.5 Å². The maximum Gasteiger partial charge on any atom is 0.269 e. The number of carbonyl (C=O) groups is 1. The van der Waals surface area contributed by atoms with Crippen LogP contribution in [-0.4, -0.2) is 22.8 Å². The molecule has 7 nitrogen and oxygen atoms in total. The van der Waals surface area contributed by atoms with Gasteiger partial charge in [-0.15, -0.1) is 11.8 Å². The summed E-state index contributed by atoms with van der Waals surface area (Å²) in [6.45, 7) is 2.35. The molecule has 164 valence electrons. The molecule has 3 rings (SSSR count). The maximum atomic E-state index is 11.9. The summed E-state index contributed by atoms with van der Waals surface area (Å²) in [5, 5.41) is 14.7. The summed E-state index contributed by atoms with van der Waals surface area (Å²) in [7, 11) is 0. The Bertz CT molecular complexity index is 1070. The lowest BCUT2D eigenvalue weighted by atomic mass is 10.2. The molecule has 0 atom stereocenters. The number of hydrazone groups is 1. The molecule has 3 aromatic carbocycles. The van der Waals surface area contributed by atoms with Gasteiger partial charge >= 0.3 is 0 Å². The van der Waals surface area contributed by atoms with Crippen molar-refractivity contribution in [3.8, 4) is 5.75 Å². The van der Waals surface area contributed by atoms with Gasteiger partial charge in [-0.1, -0.05) is 17.7 Å². The van der Waals surface area contributed by atoms with Gasteiger partial charge in [0.05, 0.1) is 11.1 Å². The van der Waals surface area contributed by atoms with Crippen LogP contribution in [0.5, 0.6) is 5.75 Å². The molecule has 0 aliphatic heterocycles. The van der Waals surface area contributed by atoms with Crippen molar-refractivity contribution in [1.82, 2.24) is 5.43 Å². The van der Waals surface area contributed by atoms with Gasteiger partial charge in [-0.25, -0.2) is 5.43 Å². The molecule has 1 amide bonds. The van der Waals surface area contributed by atoms with Gasteiger partial charge in [-0.2, -0.15) is 5.10 Å². The number of rotatable bonds is 10. The van der Waals surface area contributed by atoms with E-state index in [1.165, 1.54) is 17.7 Å². The zero-order chi connectivity index (χ0) is 22.8. The van der Waals surface area contributed by atoms with Gasteiger partial charge < -0.3 is 4.74 Å². The van der Waals surface area contributed by atoms with Gasteiger partial charge in [0.15, 0.2) is 0 Å². The number of nitrogens with one attached hydrogen (secondary N) is 1. The van der Waals surface area contributed by atoms with Gasteiger partial charge in [0.25, 0.3) is 5.69 Å². The van der Waals surface area contributed by atoms with Crippen LogP contribution in [0.15, 0.2) is 82.8 Å². The summed E-state index contributed by atoms with van der Waals surface area (Å²) < 4.78 is 5.69. The molecule has 0 aliphatic rings. The molecule has 0 heterocycles. The molecule has 0 bridgehead atoms. The van der Waals surface area contributed by atoms with E-state index in [2.05, 4.69) is 34.8 Å². The van der Waals surface area contributed by atoms with Crippen LogP contribution in [0, 0.1) is 17.0 Å². The largest absolute Gasteiger partial charge is 0.489 e. The molecule has 0 aliphatic carbocycles. The molecule has 1 N–H and O–H groups in total. The van der Waals surface area contributed by atoms with Crippen LogP contribution >= 0.6 is 11.8 Å². The van der Waals surface area contributed by atoms with Crippen molar-refractivity contribution >= 4 is 29.6 Å². The third-order valence-electron chi connectivity index (χ3n) is 4.45. The molecule has 0 unspecified atom stereocenters. The summed E-state index contributed by atoms with van der Waals surface area (Å²) in [6, 6.07) is 21.7. The second kappa shape index (κ2) is 11.7. The van der Waals surface area contributed by atoms with Crippen molar-refractivity contribution in [2.75, 3.05) is 5.75 Å². The molecule has 0 fully saturated rings. The fourth-order valence-corrected chi connectivity index (χ4v) is 3.51. The first-order valence-electron chi connectivity index (χ1n) is 9.97. The van der Waals surface area contributed by atoms with E-state index >= 15 is 0 Å². The van der Waals surface area contributed by atoms with E-state index in [1.54, 1.807) is 42.2 Å². The third-order valence-corrected chi connectivity index (χ3v) is 5.47. The van der Waals surface area contributed by atoms with E-state index < -0.39 is 4.92 Å². The van der Waals surface area contributed by atoms with E-state index in [0.717, 1.165) is 16.0 Å². The second-order valence-electron chi connectivity index (χ2n) is 6.99. The predicted octanol–water partition coefficient (Wildman–Crippen LogP) is 5.11. The minimum absolute atomic E-state index is 0.0505. The number of nitro groups is 1. The first kappa shape index (κ1) is 23.0. The first-order valence-corrected chi connectivity index (χ1v) is 11.0. The van der Waals surface area contributed by atoms with Crippen LogP contribution in [0.2, 0.25) is 0 Å². The van der Waals surface area contributed by atoms with Crippen LogP contribution in [0.4, 0.5) is 5.69 Å². The van der Waals surface area contributed by atoms with Crippen LogP contribution in [0.25, 0.3) is 0 Å². The second-order valence-corrected chi connectivity index (χ2v) is 8.15. The molecule has 3 aromatic rings. The maximum absolute atomic E-state index is 11.9. The quantitative estimate of drug-likeness (QED) is 0.201. The van der Waals surface area contributed by atoms with E-state index in [4.69, 9.17) is 4.74 Å². The lowest BCUT2D eigenvalue weighted by molar-refractivity contribution is -0.384. The van der Waals surface area contributed by atoms with Gasteiger partial charge in [-0.3, -0.25) is 14.9 Å². The Labute approximate surface area is 190 Å². The normalized spacial score (nSPS) is 10.8. The van der Waals surface area contributed by atoms with Gasteiger partial charge in [0, 0.05) is 29.2 Å². The van der Waals surface area contributed by atoms with E-state index in [9.17, 15) is 14.9 Å². The number of aryl methyl sites for hydroxylation is 1. The van der Waals surface area contributed by atoms with Crippen LogP contribution in [0.1, 0.15) is 23.1 Å². The number of thioether (sulfide) groups is 1. The minimum Gasteiger partial charge on any atom is -0.489 e. The van der Waals surface area contributed by atoms with Crippen molar-refractivity contribution in [1.29, 1.82) is 0 Å². The molecule has 0 spiro atoms. The Morgan fingerprint density at radius 3 is 2.41 bits per heavy atom. The molecule has 0 radical (unpaired) electrons. The smallest absolute Gasteiger partial charge is 0.269 e. The average molecular weight is 450 g/mol. The molecule has 0 saturated carbocycles. The van der Waals surface area contributed by atoms with Crippen molar-refractivity contribution in [2.45, 2.75) is 24.8 Å². The Morgan fingerprint density at radius 1 is 1.06 bits per heavy atom. The minimum atomic E-state index is -0.433. The number of hydrogen-bond acceptors (Lipinski definition) is 6. The number of nitrogens with zero attached hydrogens (tertiary/aromatic N) is 2. The van der Waals surface area contributed by atoms with Crippen LogP contribution in [-0.2, 0) is 11.4 Å². The lowest BCUT2D eigenvalue weighted by Gasteiger charge is -2.06. The predicted molar refractivity (Wildman–Crippen MR) is 126 cm³/mol. The molecule has 8 heteroatoms. The van der Waals surface area contributed by atoms with E-state index in [0.29, 0.717) is 24.5 Å². The summed E-state index contributed by atoms with van der Waals surface area (Å²) >= 11 is 1.64. The fraction of sp³-hybridized carbons (Fsp3) is 0.167. The number of ether oxygens (including phenoxy) is 1. The highest BCUT2D eigenvalue weighted by atomic mass is 32.2. The Kier molecular flexibility index (Phi) is 8.39. The number of hydrogen-bond donors (Lipinski definition) is 1. The Hall–Kier alpha value is -3.65. The van der Waals surface area contributed by atoms with Crippen molar-refractivity contribution in [3.63, 3.8) is 0 Å². The first-order chi connectivity index (χ1) is 15.5. The molecule has 0 aromatic heterocycles. The molecular weight excluding hydrogens is 426 g/mol. The molecular formula is C24H23N3O4S. The number of nitro benzene ring substituents is 1. The number of amides is 1. The van der Waals surface area contributed by atoms with Crippen molar-refractivity contribution in [2.24, 2.45) is 5.10 Å². The average Bonchev–Trinajstić information content (AvgIpc) is 2.80. The summed E-state index contributed by atoms with van der Waals surface area (Å²) in [5.74, 6) is 1.21. The van der Waals surface area contributed by atoms with E-state index in [-0.39, 0.29) is 11.6 Å². The van der Waals surface area contributed by atoms with Gasteiger partial charge in [-0.05, 0) is 66.6 Å². The summed E-state index contributed by atoms with van der Waals surface area (Å²) in [4.78, 5) is 23.3. The number of non-ortho nitro benzene ring substituents is 1. The topological polar surface area (TPSA) is 93.8 Å². The highest BCUT2D eigenvalue weighted by molar-refractivity contribution is 7.99. The van der Waals surface area contributed by atoms with Crippen LogP contribution < -0.4 is 10.2 Å². The highest BCUT2D eigenvalue weighted by Gasteiger charge is 2.04. The Balaban J connectivity index is 1.38. The van der Waals surface area contributed by atoms with E-state index in [1.807, 2.05) is 19.1 Å². The summed E-state index contributed by atoms with van der Waals surface area (Å²) in [5.41, 5.74) is 5.46. The van der Waals surface area contributed by atoms with Crippen molar-refractivity contribution in [3.05, 3.63) is 99.6 Å². The zero-order valence-corrected chi connectivity index (χ0v) is 18.4. The fourth-order valence-electron chi connectivity index (χ4n) is 2.66. The molecule has 0 saturated heterocycles. The Morgan fingerprint density at radius 2 is 1.75 bits per heavy atom. The highest BCUT2D eigenvalue weighted by Crippen LogP contribution is 2.19. The number of benzene rings is 3. The SMILES string of the molecule is Cc1ccc(SCCC(=O)N/N=C\c2ccc(OCc3ccc([N+](=O)[O-])cc3)cc2)cc1. The number of carbonyl (C=O) groups excluding carboxylic acids is 1. The van der Waals surface area contributed by atoms with Gasteiger partial charge in [0.2, 0.25) is 5.91 Å². The molecule has 32 heavy (non-hydrogen) atoms.